The largest absolute Gasteiger partial charge is 0.467 e. The van der Waals surface area contributed by atoms with Crippen molar-refractivity contribution in [3.05, 3.63) is 0 Å². The lowest BCUT2D eigenvalue weighted by atomic mass is 10.4. The molecule has 19 heavy (non-hydrogen) atoms. The Morgan fingerprint density at radius 1 is 1.16 bits per heavy atom. The topological polar surface area (TPSA) is 63.6 Å². The maximum absolute atomic E-state index is 5.34. The number of ether oxygens (including phenoxy) is 2. The molecule has 0 radical (unpaired) electrons. The van der Waals surface area contributed by atoms with Crippen LogP contribution in [0.4, 0.5) is 11.9 Å². The molecule has 0 amide bonds. The fraction of sp³-hybridized carbons (Fsp3) is 0.750. The minimum Gasteiger partial charge on any atom is -0.467 e. The molecule has 0 bridgehead atoms. The van der Waals surface area contributed by atoms with Crippen LogP contribution in [-0.4, -0.2) is 61.5 Å². The summed E-state index contributed by atoms with van der Waals surface area (Å²) in [6, 6.07) is 0.360. The monoisotopic (exact) mass is 267 g/mol. The summed E-state index contributed by atoms with van der Waals surface area (Å²) >= 11 is 0. The van der Waals surface area contributed by atoms with E-state index in [-0.39, 0.29) is 0 Å². The molecule has 0 spiro atoms. The van der Waals surface area contributed by atoms with Gasteiger partial charge < -0.3 is 19.3 Å². The van der Waals surface area contributed by atoms with Crippen LogP contribution in [-0.2, 0) is 4.74 Å². The van der Waals surface area contributed by atoms with E-state index >= 15 is 0 Å². The summed E-state index contributed by atoms with van der Waals surface area (Å²) in [6.45, 7) is 8.86. The summed E-state index contributed by atoms with van der Waals surface area (Å²) in [6.07, 6.45) is 0. The van der Waals surface area contributed by atoms with Crippen LogP contribution in [0.5, 0.6) is 6.01 Å². The number of hydrogen-bond acceptors (Lipinski definition) is 7. The van der Waals surface area contributed by atoms with Gasteiger partial charge in [0.05, 0.1) is 20.3 Å². The van der Waals surface area contributed by atoms with Gasteiger partial charge in [0.1, 0.15) is 0 Å². The van der Waals surface area contributed by atoms with Gasteiger partial charge in [0, 0.05) is 26.2 Å². The highest BCUT2D eigenvalue weighted by Crippen LogP contribution is 2.18. The standard InChI is InChI=1S/C12H21N5O2/c1-4-16(5-2)10-13-11(15-12(14-10)18-3)17-6-8-19-9-7-17/h4-9H2,1-3H3. The molecule has 0 aromatic carbocycles. The first kappa shape index (κ1) is 13.8. The Labute approximate surface area is 113 Å². The number of anilines is 2. The zero-order valence-electron chi connectivity index (χ0n) is 11.8. The molecule has 1 aromatic rings. The Kier molecular flexibility index (Phi) is 4.73. The van der Waals surface area contributed by atoms with Gasteiger partial charge in [-0.05, 0) is 13.8 Å². The van der Waals surface area contributed by atoms with Crippen molar-refractivity contribution in [3.8, 4) is 6.01 Å². The fourth-order valence-electron chi connectivity index (χ4n) is 1.98. The second kappa shape index (κ2) is 6.51. The van der Waals surface area contributed by atoms with Crippen molar-refractivity contribution >= 4 is 11.9 Å². The second-order valence-corrected chi connectivity index (χ2v) is 4.19. The molecular weight excluding hydrogens is 246 g/mol. The van der Waals surface area contributed by atoms with Gasteiger partial charge in [-0.25, -0.2) is 0 Å². The molecule has 0 atom stereocenters. The van der Waals surface area contributed by atoms with Crippen LogP contribution in [0.3, 0.4) is 0 Å². The number of aromatic nitrogens is 3. The molecule has 0 aliphatic carbocycles. The normalized spacial score (nSPS) is 15.4. The number of rotatable bonds is 5. The minimum absolute atomic E-state index is 0.360. The zero-order chi connectivity index (χ0) is 13.7. The summed E-state index contributed by atoms with van der Waals surface area (Å²) < 4.78 is 10.5. The lowest BCUT2D eigenvalue weighted by Crippen LogP contribution is -2.38. The van der Waals surface area contributed by atoms with E-state index in [0.717, 1.165) is 26.2 Å². The van der Waals surface area contributed by atoms with Crippen molar-refractivity contribution in [3.63, 3.8) is 0 Å². The molecule has 7 heteroatoms. The van der Waals surface area contributed by atoms with Crippen molar-refractivity contribution in [2.75, 3.05) is 56.3 Å². The molecule has 0 saturated carbocycles. The lowest BCUT2D eigenvalue weighted by Gasteiger charge is -2.28. The van der Waals surface area contributed by atoms with Crippen LogP contribution in [0.15, 0.2) is 0 Å². The van der Waals surface area contributed by atoms with Crippen LogP contribution < -0.4 is 14.5 Å². The molecular formula is C12H21N5O2. The lowest BCUT2D eigenvalue weighted by molar-refractivity contribution is 0.122. The Bertz CT molecular complexity index is 405. The van der Waals surface area contributed by atoms with Crippen molar-refractivity contribution in [2.45, 2.75) is 13.8 Å². The van der Waals surface area contributed by atoms with Gasteiger partial charge in [-0.3, -0.25) is 0 Å². The highest BCUT2D eigenvalue weighted by molar-refractivity contribution is 5.40. The summed E-state index contributed by atoms with van der Waals surface area (Å²) in [5.41, 5.74) is 0. The number of morpholine rings is 1. The molecule has 7 nitrogen and oxygen atoms in total. The molecule has 0 N–H and O–H groups in total. The first-order chi connectivity index (χ1) is 9.28. The molecule has 1 saturated heterocycles. The number of methoxy groups -OCH3 is 1. The van der Waals surface area contributed by atoms with Crippen molar-refractivity contribution in [2.24, 2.45) is 0 Å². The molecule has 2 rings (SSSR count). The third-order valence-electron chi connectivity index (χ3n) is 3.11. The molecule has 0 unspecified atom stereocenters. The maximum Gasteiger partial charge on any atom is 0.322 e. The van der Waals surface area contributed by atoms with Gasteiger partial charge in [0.15, 0.2) is 0 Å². The van der Waals surface area contributed by atoms with E-state index in [1.54, 1.807) is 7.11 Å². The van der Waals surface area contributed by atoms with Gasteiger partial charge in [0.2, 0.25) is 11.9 Å². The Morgan fingerprint density at radius 3 is 2.42 bits per heavy atom. The van der Waals surface area contributed by atoms with Gasteiger partial charge in [-0.15, -0.1) is 0 Å². The van der Waals surface area contributed by atoms with Crippen molar-refractivity contribution in [1.82, 2.24) is 15.0 Å². The van der Waals surface area contributed by atoms with E-state index < -0.39 is 0 Å². The number of hydrogen-bond donors (Lipinski definition) is 0. The minimum atomic E-state index is 0.360. The molecule has 1 aliphatic rings. The van der Waals surface area contributed by atoms with Crippen LogP contribution in [0, 0.1) is 0 Å². The zero-order valence-corrected chi connectivity index (χ0v) is 11.8. The summed E-state index contributed by atoms with van der Waals surface area (Å²) in [7, 11) is 1.57. The highest BCUT2D eigenvalue weighted by Gasteiger charge is 2.18. The maximum atomic E-state index is 5.34. The first-order valence-corrected chi connectivity index (χ1v) is 6.66. The Hall–Kier alpha value is -1.63. The van der Waals surface area contributed by atoms with Gasteiger partial charge in [0.25, 0.3) is 0 Å². The molecule has 1 aromatic heterocycles. The van der Waals surface area contributed by atoms with Crippen molar-refractivity contribution in [1.29, 1.82) is 0 Å². The predicted octanol–water partition coefficient (Wildman–Crippen LogP) is 0.563. The predicted molar refractivity (Wildman–Crippen MR) is 73.0 cm³/mol. The Balaban J connectivity index is 2.29. The quantitative estimate of drug-likeness (QED) is 0.772. The van der Waals surface area contributed by atoms with Crippen LogP contribution >= 0.6 is 0 Å². The van der Waals surface area contributed by atoms with Gasteiger partial charge in [-0.1, -0.05) is 0 Å². The fourth-order valence-corrected chi connectivity index (χ4v) is 1.98. The molecule has 2 heterocycles. The molecule has 1 aliphatic heterocycles. The third-order valence-corrected chi connectivity index (χ3v) is 3.11. The summed E-state index contributed by atoms with van der Waals surface area (Å²) in [5.74, 6) is 1.33. The van der Waals surface area contributed by atoms with Crippen LogP contribution in [0.25, 0.3) is 0 Å². The summed E-state index contributed by atoms with van der Waals surface area (Å²) in [5, 5.41) is 0. The third kappa shape index (κ3) is 3.23. The highest BCUT2D eigenvalue weighted by atomic mass is 16.5. The van der Waals surface area contributed by atoms with E-state index in [1.807, 2.05) is 0 Å². The van der Waals surface area contributed by atoms with Crippen molar-refractivity contribution < 1.29 is 9.47 Å². The summed E-state index contributed by atoms with van der Waals surface area (Å²) in [4.78, 5) is 17.4. The van der Waals surface area contributed by atoms with E-state index in [1.165, 1.54) is 0 Å². The van der Waals surface area contributed by atoms with Gasteiger partial charge >= 0.3 is 6.01 Å². The SMILES string of the molecule is CCN(CC)c1nc(OC)nc(N2CCOCC2)n1. The van der Waals surface area contributed by atoms with Gasteiger partial charge in [-0.2, -0.15) is 15.0 Å². The van der Waals surface area contributed by atoms with Crippen LogP contribution in [0.2, 0.25) is 0 Å². The molecule has 106 valence electrons. The van der Waals surface area contributed by atoms with E-state index in [0.29, 0.717) is 31.1 Å². The number of nitrogens with zero attached hydrogens (tertiary/aromatic N) is 5. The average Bonchev–Trinajstić information content (AvgIpc) is 2.49. The Morgan fingerprint density at radius 2 is 1.84 bits per heavy atom. The smallest absolute Gasteiger partial charge is 0.322 e. The van der Waals surface area contributed by atoms with Crippen LogP contribution in [0.1, 0.15) is 13.8 Å². The molecule has 1 fully saturated rings. The first-order valence-electron chi connectivity index (χ1n) is 6.66. The van der Waals surface area contributed by atoms with E-state index in [2.05, 4.69) is 38.6 Å². The second-order valence-electron chi connectivity index (χ2n) is 4.19. The van der Waals surface area contributed by atoms with E-state index in [4.69, 9.17) is 9.47 Å². The average molecular weight is 267 g/mol. The van der Waals surface area contributed by atoms with E-state index in [9.17, 15) is 0 Å².